The van der Waals surface area contributed by atoms with Gasteiger partial charge in [-0.15, -0.1) is 0 Å². The zero-order valence-electron chi connectivity index (χ0n) is 18.4. The lowest BCUT2D eigenvalue weighted by atomic mass is 10.2. The number of nitrogens with zero attached hydrogens (tertiary/aromatic N) is 2. The van der Waals surface area contributed by atoms with Gasteiger partial charge < -0.3 is 18.9 Å². The molecule has 170 valence electrons. The maximum atomic E-state index is 12.7. The maximum absolute atomic E-state index is 12.7. The van der Waals surface area contributed by atoms with E-state index in [0.29, 0.717) is 40.5 Å². The molecule has 0 aliphatic heterocycles. The van der Waals surface area contributed by atoms with Gasteiger partial charge in [0, 0.05) is 12.4 Å². The van der Waals surface area contributed by atoms with E-state index in [2.05, 4.69) is 15.5 Å². The number of methoxy groups -OCH3 is 2. The number of rotatable bonds is 9. The van der Waals surface area contributed by atoms with Crippen LogP contribution in [0.3, 0.4) is 0 Å². The molecule has 0 aliphatic carbocycles. The average molecular weight is 449 g/mol. The van der Waals surface area contributed by atoms with Crippen molar-refractivity contribution in [2.75, 3.05) is 20.8 Å². The van der Waals surface area contributed by atoms with Gasteiger partial charge in [-0.25, -0.2) is 10.2 Å². The number of esters is 1. The van der Waals surface area contributed by atoms with E-state index in [1.807, 2.05) is 6.92 Å². The number of pyridine rings is 1. The Morgan fingerprint density at radius 3 is 2.45 bits per heavy atom. The molecule has 0 spiro atoms. The SMILES string of the molecule is CCOc1cc(/C=N/NC(=O)c2cccnc2)ccc1OC(=O)c1ccc(OC)c(OC)c1. The lowest BCUT2D eigenvalue weighted by Crippen LogP contribution is -2.17. The molecule has 0 bridgehead atoms. The molecule has 0 atom stereocenters. The van der Waals surface area contributed by atoms with Crippen molar-refractivity contribution in [1.29, 1.82) is 0 Å². The van der Waals surface area contributed by atoms with Crippen molar-refractivity contribution in [3.8, 4) is 23.0 Å². The molecule has 1 amide bonds. The summed E-state index contributed by atoms with van der Waals surface area (Å²) in [6, 6.07) is 13.0. The standard InChI is InChI=1S/C24H23N3O6/c1-4-32-22-12-16(14-26-27-23(28)18-6-5-11-25-15-18)7-9-20(22)33-24(29)17-8-10-19(30-2)21(13-17)31-3/h5-15H,4H2,1-3H3,(H,27,28)/b26-14+. The monoisotopic (exact) mass is 449 g/mol. The van der Waals surface area contributed by atoms with Crippen molar-refractivity contribution >= 4 is 18.1 Å². The number of benzene rings is 2. The zero-order chi connectivity index (χ0) is 23.6. The summed E-state index contributed by atoms with van der Waals surface area (Å²) in [5.41, 5.74) is 3.75. The molecule has 9 nitrogen and oxygen atoms in total. The first-order valence-electron chi connectivity index (χ1n) is 10.00. The van der Waals surface area contributed by atoms with E-state index in [0.717, 1.165) is 0 Å². The van der Waals surface area contributed by atoms with Crippen LogP contribution in [0, 0.1) is 0 Å². The topological polar surface area (TPSA) is 108 Å². The summed E-state index contributed by atoms with van der Waals surface area (Å²) in [5, 5.41) is 3.95. The molecular weight excluding hydrogens is 426 g/mol. The van der Waals surface area contributed by atoms with Crippen LogP contribution in [-0.2, 0) is 0 Å². The van der Waals surface area contributed by atoms with Crippen LogP contribution in [-0.4, -0.2) is 43.9 Å². The third-order valence-electron chi connectivity index (χ3n) is 4.39. The maximum Gasteiger partial charge on any atom is 0.343 e. The molecule has 1 aromatic heterocycles. The number of hydrogen-bond donors (Lipinski definition) is 1. The highest BCUT2D eigenvalue weighted by Crippen LogP contribution is 2.31. The highest BCUT2D eigenvalue weighted by Gasteiger charge is 2.16. The number of carbonyl (C=O) groups excluding carboxylic acids is 2. The Morgan fingerprint density at radius 2 is 1.76 bits per heavy atom. The van der Waals surface area contributed by atoms with E-state index < -0.39 is 5.97 Å². The lowest BCUT2D eigenvalue weighted by molar-refractivity contribution is 0.0727. The second-order valence-electron chi connectivity index (χ2n) is 6.54. The van der Waals surface area contributed by atoms with Gasteiger partial charge in [0.25, 0.3) is 5.91 Å². The molecule has 3 aromatic rings. The second-order valence-corrected chi connectivity index (χ2v) is 6.54. The highest BCUT2D eigenvalue weighted by molar-refractivity contribution is 5.95. The van der Waals surface area contributed by atoms with Crippen molar-refractivity contribution in [3.63, 3.8) is 0 Å². The number of amides is 1. The minimum atomic E-state index is -0.581. The molecule has 0 aliphatic rings. The van der Waals surface area contributed by atoms with Crippen LogP contribution in [0.25, 0.3) is 0 Å². The Hall–Kier alpha value is -4.40. The van der Waals surface area contributed by atoms with Crippen molar-refractivity contribution in [2.45, 2.75) is 6.92 Å². The molecular formula is C24H23N3O6. The fourth-order valence-electron chi connectivity index (χ4n) is 2.81. The van der Waals surface area contributed by atoms with Gasteiger partial charge in [-0.3, -0.25) is 9.78 Å². The molecule has 2 aromatic carbocycles. The van der Waals surface area contributed by atoms with Gasteiger partial charge in [0.2, 0.25) is 0 Å². The van der Waals surface area contributed by atoms with E-state index in [-0.39, 0.29) is 11.7 Å². The molecule has 0 radical (unpaired) electrons. The van der Waals surface area contributed by atoms with Crippen LogP contribution >= 0.6 is 0 Å². The predicted octanol–water partition coefficient (Wildman–Crippen LogP) is 3.48. The number of aromatic nitrogens is 1. The van der Waals surface area contributed by atoms with E-state index in [1.54, 1.807) is 48.7 Å². The molecule has 0 saturated carbocycles. The zero-order valence-corrected chi connectivity index (χ0v) is 18.4. The first kappa shape index (κ1) is 23.3. The lowest BCUT2D eigenvalue weighted by Gasteiger charge is -2.12. The van der Waals surface area contributed by atoms with Gasteiger partial charge in [0.05, 0.1) is 38.2 Å². The normalized spacial score (nSPS) is 10.5. The van der Waals surface area contributed by atoms with Crippen LogP contribution in [0.5, 0.6) is 23.0 Å². The molecule has 1 N–H and O–H groups in total. The number of hydrogen-bond acceptors (Lipinski definition) is 8. The summed E-state index contributed by atoms with van der Waals surface area (Å²) < 4.78 is 21.6. The number of nitrogens with one attached hydrogen (secondary N) is 1. The van der Waals surface area contributed by atoms with Gasteiger partial charge in [0.1, 0.15) is 0 Å². The van der Waals surface area contributed by atoms with Crippen LogP contribution in [0.1, 0.15) is 33.2 Å². The number of hydrazone groups is 1. The Morgan fingerprint density at radius 1 is 0.970 bits per heavy atom. The largest absolute Gasteiger partial charge is 0.493 e. The van der Waals surface area contributed by atoms with Crippen molar-refractivity contribution in [2.24, 2.45) is 5.10 Å². The number of carbonyl (C=O) groups is 2. The van der Waals surface area contributed by atoms with Crippen LogP contribution in [0.4, 0.5) is 0 Å². The van der Waals surface area contributed by atoms with E-state index >= 15 is 0 Å². The Labute approximate surface area is 191 Å². The molecule has 9 heteroatoms. The van der Waals surface area contributed by atoms with E-state index in [4.69, 9.17) is 18.9 Å². The Bertz CT molecular complexity index is 1150. The average Bonchev–Trinajstić information content (AvgIpc) is 2.85. The smallest absolute Gasteiger partial charge is 0.343 e. The van der Waals surface area contributed by atoms with Gasteiger partial charge in [-0.2, -0.15) is 5.10 Å². The highest BCUT2D eigenvalue weighted by atomic mass is 16.6. The summed E-state index contributed by atoms with van der Waals surface area (Å²) in [6.07, 6.45) is 4.48. The molecule has 33 heavy (non-hydrogen) atoms. The Kier molecular flexibility index (Phi) is 7.96. The fourth-order valence-corrected chi connectivity index (χ4v) is 2.81. The molecule has 3 rings (SSSR count). The number of ether oxygens (including phenoxy) is 4. The van der Waals surface area contributed by atoms with Crippen LogP contribution in [0.15, 0.2) is 66.0 Å². The third-order valence-corrected chi connectivity index (χ3v) is 4.39. The van der Waals surface area contributed by atoms with E-state index in [9.17, 15) is 9.59 Å². The van der Waals surface area contributed by atoms with Crippen molar-refractivity contribution < 1.29 is 28.5 Å². The third kappa shape index (κ3) is 6.07. The van der Waals surface area contributed by atoms with Gasteiger partial charge in [-0.05, 0) is 61.0 Å². The van der Waals surface area contributed by atoms with Gasteiger partial charge in [0.15, 0.2) is 23.0 Å². The predicted molar refractivity (Wildman–Crippen MR) is 121 cm³/mol. The van der Waals surface area contributed by atoms with E-state index in [1.165, 1.54) is 32.7 Å². The summed E-state index contributed by atoms with van der Waals surface area (Å²) in [4.78, 5) is 28.6. The molecule has 0 fully saturated rings. The minimum Gasteiger partial charge on any atom is -0.493 e. The van der Waals surface area contributed by atoms with Crippen molar-refractivity contribution in [1.82, 2.24) is 10.4 Å². The summed E-state index contributed by atoms with van der Waals surface area (Å²) >= 11 is 0. The van der Waals surface area contributed by atoms with Crippen LogP contribution < -0.4 is 24.4 Å². The molecule has 0 saturated heterocycles. The quantitative estimate of drug-likeness (QED) is 0.231. The fraction of sp³-hybridized carbons (Fsp3) is 0.167. The van der Waals surface area contributed by atoms with Gasteiger partial charge >= 0.3 is 5.97 Å². The summed E-state index contributed by atoms with van der Waals surface area (Å²) in [5.74, 6) is 0.550. The molecule has 1 heterocycles. The summed E-state index contributed by atoms with van der Waals surface area (Å²) in [6.45, 7) is 2.17. The summed E-state index contributed by atoms with van der Waals surface area (Å²) in [7, 11) is 3.00. The molecule has 0 unspecified atom stereocenters. The first-order chi connectivity index (χ1) is 16.0. The van der Waals surface area contributed by atoms with Gasteiger partial charge in [-0.1, -0.05) is 0 Å². The van der Waals surface area contributed by atoms with Crippen LogP contribution in [0.2, 0.25) is 0 Å². The Balaban J connectivity index is 1.73. The minimum absolute atomic E-state index is 0.244. The first-order valence-corrected chi connectivity index (χ1v) is 10.00. The second kappa shape index (κ2) is 11.3. The van der Waals surface area contributed by atoms with Crippen molar-refractivity contribution in [3.05, 3.63) is 77.6 Å².